The Morgan fingerprint density at radius 1 is 1.00 bits per heavy atom. The first-order valence-electron chi connectivity index (χ1n) is 9.53. The summed E-state index contributed by atoms with van der Waals surface area (Å²) in [5.41, 5.74) is 1.62. The van der Waals surface area contributed by atoms with Crippen LogP contribution >= 0.6 is 0 Å². The smallest absolute Gasteiger partial charge is 0.260 e. The van der Waals surface area contributed by atoms with Crippen molar-refractivity contribution < 1.29 is 19.4 Å². The number of hydrogen-bond acceptors (Lipinski definition) is 4. The van der Waals surface area contributed by atoms with Crippen molar-refractivity contribution in [3.05, 3.63) is 59.7 Å². The first-order chi connectivity index (χ1) is 13.4. The molecular weight excluding hydrogens is 356 g/mol. The Morgan fingerprint density at radius 3 is 2.36 bits per heavy atom. The first-order valence-corrected chi connectivity index (χ1v) is 9.53. The van der Waals surface area contributed by atoms with Gasteiger partial charge in [0.25, 0.3) is 11.8 Å². The predicted molar refractivity (Wildman–Crippen MR) is 107 cm³/mol. The van der Waals surface area contributed by atoms with Gasteiger partial charge in [0.05, 0.1) is 0 Å². The van der Waals surface area contributed by atoms with Gasteiger partial charge in [0, 0.05) is 31.7 Å². The summed E-state index contributed by atoms with van der Waals surface area (Å²) in [7, 11) is 0. The van der Waals surface area contributed by atoms with E-state index in [0.29, 0.717) is 43.4 Å². The van der Waals surface area contributed by atoms with Crippen LogP contribution in [0.2, 0.25) is 0 Å². The maximum absolute atomic E-state index is 12.5. The maximum atomic E-state index is 12.5. The summed E-state index contributed by atoms with van der Waals surface area (Å²) in [5, 5.41) is 9.54. The molecule has 2 amide bonds. The Balaban J connectivity index is 1.50. The van der Waals surface area contributed by atoms with E-state index in [-0.39, 0.29) is 24.2 Å². The number of aromatic hydroxyl groups is 1. The van der Waals surface area contributed by atoms with Gasteiger partial charge in [-0.05, 0) is 41.8 Å². The molecule has 148 valence electrons. The van der Waals surface area contributed by atoms with E-state index in [9.17, 15) is 14.7 Å². The zero-order valence-electron chi connectivity index (χ0n) is 16.3. The molecule has 1 N–H and O–H groups in total. The van der Waals surface area contributed by atoms with Gasteiger partial charge in [-0.25, -0.2) is 0 Å². The van der Waals surface area contributed by atoms with Crippen molar-refractivity contribution in [2.75, 3.05) is 32.8 Å². The van der Waals surface area contributed by atoms with Crippen molar-refractivity contribution in [1.29, 1.82) is 0 Å². The lowest BCUT2D eigenvalue weighted by molar-refractivity contribution is -0.134. The molecule has 1 fully saturated rings. The summed E-state index contributed by atoms with van der Waals surface area (Å²) < 4.78 is 5.67. The maximum Gasteiger partial charge on any atom is 0.260 e. The second-order valence-electron chi connectivity index (χ2n) is 7.24. The Morgan fingerprint density at radius 2 is 1.68 bits per heavy atom. The molecule has 28 heavy (non-hydrogen) atoms. The van der Waals surface area contributed by atoms with Crippen LogP contribution in [0.15, 0.2) is 48.5 Å². The predicted octanol–water partition coefficient (Wildman–Crippen LogP) is 2.88. The van der Waals surface area contributed by atoms with Crippen molar-refractivity contribution >= 4 is 11.8 Å². The van der Waals surface area contributed by atoms with Crippen LogP contribution in [0.3, 0.4) is 0 Å². The van der Waals surface area contributed by atoms with Crippen LogP contribution < -0.4 is 4.74 Å². The quantitative estimate of drug-likeness (QED) is 0.863. The van der Waals surface area contributed by atoms with E-state index in [2.05, 4.69) is 13.8 Å². The van der Waals surface area contributed by atoms with E-state index in [1.807, 2.05) is 24.3 Å². The number of benzene rings is 2. The van der Waals surface area contributed by atoms with Gasteiger partial charge in [0.1, 0.15) is 11.5 Å². The molecule has 0 bridgehead atoms. The molecule has 6 nitrogen and oxygen atoms in total. The fourth-order valence-corrected chi connectivity index (χ4v) is 3.18. The van der Waals surface area contributed by atoms with Gasteiger partial charge in [-0.3, -0.25) is 9.59 Å². The highest BCUT2D eigenvalue weighted by Crippen LogP contribution is 2.20. The van der Waals surface area contributed by atoms with Gasteiger partial charge in [0.15, 0.2) is 6.61 Å². The van der Waals surface area contributed by atoms with Crippen molar-refractivity contribution in [1.82, 2.24) is 9.80 Å². The van der Waals surface area contributed by atoms with E-state index in [1.54, 1.807) is 21.9 Å². The average Bonchev–Trinajstić information content (AvgIpc) is 2.71. The van der Waals surface area contributed by atoms with Crippen LogP contribution in [0.1, 0.15) is 35.7 Å². The molecule has 0 aliphatic carbocycles. The standard InChI is InChI=1S/C22H26N2O4/c1-16(2)17-5-4-8-20(14-17)28-15-21(26)23-9-11-24(12-10-23)22(27)18-6-3-7-19(25)13-18/h3-8,13-14,16,25H,9-12,15H2,1-2H3. The third-order valence-electron chi connectivity index (χ3n) is 4.90. The van der Waals surface area contributed by atoms with Crippen LogP contribution in [0, 0.1) is 0 Å². The van der Waals surface area contributed by atoms with Crippen molar-refractivity contribution in [3.8, 4) is 11.5 Å². The monoisotopic (exact) mass is 382 g/mol. The SMILES string of the molecule is CC(C)c1cccc(OCC(=O)N2CCN(C(=O)c3cccc(O)c3)CC2)c1. The largest absolute Gasteiger partial charge is 0.508 e. The molecule has 0 aromatic heterocycles. The van der Waals surface area contributed by atoms with Crippen molar-refractivity contribution in [2.24, 2.45) is 0 Å². The molecule has 0 saturated carbocycles. The molecule has 0 unspecified atom stereocenters. The minimum absolute atomic E-state index is 0.0119. The Hall–Kier alpha value is -3.02. The lowest BCUT2D eigenvalue weighted by Gasteiger charge is -2.34. The van der Waals surface area contributed by atoms with Gasteiger partial charge in [-0.2, -0.15) is 0 Å². The summed E-state index contributed by atoms with van der Waals surface area (Å²) in [6.07, 6.45) is 0. The summed E-state index contributed by atoms with van der Waals surface area (Å²) in [5.74, 6) is 0.941. The van der Waals surface area contributed by atoms with E-state index >= 15 is 0 Å². The second kappa shape index (κ2) is 8.78. The lowest BCUT2D eigenvalue weighted by Crippen LogP contribution is -2.51. The van der Waals surface area contributed by atoms with Gasteiger partial charge in [0.2, 0.25) is 0 Å². The molecule has 3 rings (SSSR count). The Bertz CT molecular complexity index is 842. The molecule has 1 aliphatic rings. The lowest BCUT2D eigenvalue weighted by atomic mass is 10.0. The highest BCUT2D eigenvalue weighted by Gasteiger charge is 2.25. The molecule has 1 aliphatic heterocycles. The molecular formula is C22H26N2O4. The van der Waals surface area contributed by atoms with Gasteiger partial charge >= 0.3 is 0 Å². The highest BCUT2D eigenvalue weighted by molar-refractivity contribution is 5.94. The van der Waals surface area contributed by atoms with Crippen molar-refractivity contribution in [2.45, 2.75) is 19.8 Å². The fourth-order valence-electron chi connectivity index (χ4n) is 3.18. The number of nitrogens with zero attached hydrogens (tertiary/aromatic N) is 2. The summed E-state index contributed by atoms with van der Waals surface area (Å²) in [6.45, 7) is 6.08. The molecule has 0 atom stereocenters. The minimum atomic E-state index is -0.134. The fraction of sp³-hybridized carbons (Fsp3) is 0.364. The van der Waals surface area contributed by atoms with Crippen LogP contribution in [0.5, 0.6) is 11.5 Å². The average molecular weight is 382 g/mol. The number of amides is 2. The van der Waals surface area contributed by atoms with Gasteiger partial charge in [-0.1, -0.05) is 32.0 Å². The minimum Gasteiger partial charge on any atom is -0.508 e. The third-order valence-corrected chi connectivity index (χ3v) is 4.90. The van der Waals surface area contributed by atoms with E-state index in [1.165, 1.54) is 17.7 Å². The molecule has 1 saturated heterocycles. The zero-order valence-corrected chi connectivity index (χ0v) is 16.3. The number of rotatable bonds is 5. The number of hydrogen-bond donors (Lipinski definition) is 1. The van der Waals surface area contributed by atoms with Crippen LogP contribution in [-0.4, -0.2) is 59.5 Å². The first kappa shape index (κ1) is 19.7. The van der Waals surface area contributed by atoms with Crippen LogP contribution in [0.4, 0.5) is 0 Å². The molecule has 6 heteroatoms. The number of phenolic OH excluding ortho intramolecular Hbond substituents is 1. The number of piperazine rings is 1. The third kappa shape index (κ3) is 4.82. The van der Waals surface area contributed by atoms with Gasteiger partial charge < -0.3 is 19.6 Å². The normalized spacial score (nSPS) is 14.2. The zero-order chi connectivity index (χ0) is 20.1. The van der Waals surface area contributed by atoms with E-state index in [4.69, 9.17) is 4.74 Å². The van der Waals surface area contributed by atoms with E-state index in [0.717, 1.165) is 0 Å². The Labute approximate surface area is 165 Å². The Kier molecular flexibility index (Phi) is 6.19. The van der Waals surface area contributed by atoms with E-state index < -0.39 is 0 Å². The second-order valence-corrected chi connectivity index (χ2v) is 7.24. The molecule has 2 aromatic rings. The number of phenols is 1. The summed E-state index contributed by atoms with van der Waals surface area (Å²) in [4.78, 5) is 28.4. The molecule has 1 heterocycles. The molecule has 2 aromatic carbocycles. The molecule has 0 spiro atoms. The summed E-state index contributed by atoms with van der Waals surface area (Å²) in [6, 6.07) is 14.1. The highest BCUT2D eigenvalue weighted by atomic mass is 16.5. The van der Waals surface area contributed by atoms with Crippen LogP contribution in [-0.2, 0) is 4.79 Å². The summed E-state index contributed by atoms with van der Waals surface area (Å²) >= 11 is 0. The number of carbonyl (C=O) groups is 2. The number of ether oxygens (including phenoxy) is 1. The van der Waals surface area contributed by atoms with Crippen molar-refractivity contribution in [3.63, 3.8) is 0 Å². The van der Waals surface area contributed by atoms with Gasteiger partial charge in [-0.15, -0.1) is 0 Å². The topological polar surface area (TPSA) is 70.1 Å². The number of carbonyl (C=O) groups excluding carboxylic acids is 2. The van der Waals surface area contributed by atoms with Crippen LogP contribution in [0.25, 0.3) is 0 Å². The molecule has 0 radical (unpaired) electrons.